The van der Waals surface area contributed by atoms with Crippen LogP contribution in [0.1, 0.15) is 45.0 Å². The lowest BCUT2D eigenvalue weighted by atomic mass is 9.57. The van der Waals surface area contributed by atoms with Crippen LogP contribution in [0.5, 0.6) is 11.5 Å². The molecule has 2 aliphatic heterocycles. The van der Waals surface area contributed by atoms with Gasteiger partial charge in [0.2, 0.25) is 23.6 Å². The number of nitrogens with zero attached hydrogens (tertiary/aromatic N) is 2. The number of phenolic OH excluding ortho intramolecular Hbond substituents is 1. The van der Waals surface area contributed by atoms with E-state index in [0.29, 0.717) is 16.9 Å². The smallest absolute Gasteiger partial charge is 0.335 e. The maximum atomic E-state index is 14.2. The van der Waals surface area contributed by atoms with Crippen molar-refractivity contribution in [1.29, 1.82) is 0 Å². The van der Waals surface area contributed by atoms with Gasteiger partial charge in [-0.1, -0.05) is 29.8 Å². The summed E-state index contributed by atoms with van der Waals surface area (Å²) in [5, 5.41) is 30.2. The number of carbonyl (C=O) groups excluding carboxylic acids is 4. The minimum absolute atomic E-state index is 0.0623. The Bertz CT molecular complexity index is 1950. The lowest BCUT2D eigenvalue weighted by Gasteiger charge is -2.44. The number of fused-ring (bicyclic) bond motifs is 4. The number of carboxylic acids is 2. The number of carboxylic acid groups (broad SMARTS) is 2. The highest BCUT2D eigenvalue weighted by atomic mass is 16.5. The molecule has 3 aromatic carbocycles. The van der Waals surface area contributed by atoms with Crippen LogP contribution in [0.15, 0.2) is 78.4 Å². The zero-order valence-corrected chi connectivity index (χ0v) is 24.9. The van der Waals surface area contributed by atoms with Crippen LogP contribution in [0.25, 0.3) is 0 Å². The molecular weight excluding hydrogens is 608 g/mol. The van der Waals surface area contributed by atoms with Gasteiger partial charge >= 0.3 is 11.9 Å². The fourth-order valence-corrected chi connectivity index (χ4v) is 7.92. The van der Waals surface area contributed by atoms with E-state index in [1.807, 2.05) is 6.08 Å². The molecule has 12 nitrogen and oxygen atoms in total. The molecule has 0 aromatic heterocycles. The number of hydrogen-bond acceptors (Lipinski definition) is 8. The predicted molar refractivity (Wildman–Crippen MR) is 164 cm³/mol. The zero-order valence-electron chi connectivity index (χ0n) is 24.9. The second-order valence-electron chi connectivity index (χ2n) is 12.2. The molecule has 2 saturated heterocycles. The van der Waals surface area contributed by atoms with Crippen molar-refractivity contribution in [3.8, 4) is 11.5 Å². The Hall–Kier alpha value is -5.78. The first-order valence-corrected chi connectivity index (χ1v) is 15.0. The van der Waals surface area contributed by atoms with Crippen molar-refractivity contribution in [3.63, 3.8) is 0 Å². The van der Waals surface area contributed by atoms with E-state index in [4.69, 9.17) is 4.74 Å². The molecule has 6 unspecified atom stereocenters. The number of amides is 4. The maximum Gasteiger partial charge on any atom is 0.335 e. The molecule has 6 atom stereocenters. The first-order valence-electron chi connectivity index (χ1n) is 15.0. The number of aromatic hydroxyl groups is 1. The maximum absolute atomic E-state index is 14.2. The summed E-state index contributed by atoms with van der Waals surface area (Å²) in [5.74, 6) is -9.50. The van der Waals surface area contributed by atoms with Crippen molar-refractivity contribution in [2.75, 3.05) is 16.9 Å². The monoisotopic (exact) mass is 636 g/mol. The van der Waals surface area contributed by atoms with E-state index >= 15 is 0 Å². The molecule has 12 heteroatoms. The summed E-state index contributed by atoms with van der Waals surface area (Å²) in [6.07, 6.45) is 2.05. The molecule has 3 fully saturated rings. The first kappa shape index (κ1) is 29.9. The average molecular weight is 637 g/mol. The van der Waals surface area contributed by atoms with Crippen LogP contribution in [0.4, 0.5) is 11.4 Å². The predicted octanol–water partition coefficient (Wildman–Crippen LogP) is 3.84. The zero-order chi connectivity index (χ0) is 33.3. The van der Waals surface area contributed by atoms with Crippen LogP contribution in [0.2, 0.25) is 0 Å². The van der Waals surface area contributed by atoms with E-state index in [1.54, 1.807) is 12.1 Å². The van der Waals surface area contributed by atoms with Gasteiger partial charge in [0.05, 0.1) is 53.3 Å². The van der Waals surface area contributed by atoms with Gasteiger partial charge in [0, 0.05) is 17.5 Å². The molecule has 0 bridgehead atoms. The van der Waals surface area contributed by atoms with Gasteiger partial charge in [-0.3, -0.25) is 29.0 Å². The number of benzene rings is 3. The molecule has 1 saturated carbocycles. The number of phenols is 1. The Morgan fingerprint density at radius 1 is 0.723 bits per heavy atom. The van der Waals surface area contributed by atoms with Crippen molar-refractivity contribution < 1.29 is 48.8 Å². The van der Waals surface area contributed by atoms with Crippen LogP contribution in [-0.4, -0.2) is 58.0 Å². The number of rotatable bonds is 6. The molecule has 4 aliphatic rings. The number of aromatic carboxylic acids is 2. The molecule has 0 spiro atoms. The lowest BCUT2D eigenvalue weighted by molar-refractivity contribution is -0.126. The van der Waals surface area contributed by atoms with Crippen LogP contribution >= 0.6 is 0 Å². The van der Waals surface area contributed by atoms with E-state index in [2.05, 4.69) is 0 Å². The van der Waals surface area contributed by atoms with Crippen molar-refractivity contribution in [2.45, 2.75) is 18.8 Å². The Labute approximate surface area is 267 Å². The van der Waals surface area contributed by atoms with E-state index in [-0.39, 0.29) is 41.1 Å². The summed E-state index contributed by atoms with van der Waals surface area (Å²) in [7, 11) is 1.44. The summed E-state index contributed by atoms with van der Waals surface area (Å²) in [6.45, 7) is 0. The van der Waals surface area contributed by atoms with E-state index < -0.39 is 71.1 Å². The van der Waals surface area contributed by atoms with Gasteiger partial charge in [-0.15, -0.1) is 0 Å². The fourth-order valence-electron chi connectivity index (χ4n) is 7.92. The molecule has 4 amide bonds. The van der Waals surface area contributed by atoms with Crippen LogP contribution in [0, 0.1) is 29.6 Å². The Balaban J connectivity index is 1.34. The van der Waals surface area contributed by atoms with Crippen molar-refractivity contribution in [2.24, 2.45) is 29.6 Å². The van der Waals surface area contributed by atoms with Gasteiger partial charge in [0.25, 0.3) is 0 Å². The largest absolute Gasteiger partial charge is 0.508 e. The molecule has 2 heterocycles. The van der Waals surface area contributed by atoms with Crippen LogP contribution < -0.4 is 14.5 Å². The Morgan fingerprint density at radius 3 is 1.85 bits per heavy atom. The molecular formula is C35H28N2O10. The number of anilines is 2. The van der Waals surface area contributed by atoms with Crippen molar-refractivity contribution in [1.82, 2.24) is 0 Å². The van der Waals surface area contributed by atoms with E-state index in [9.17, 15) is 44.1 Å². The molecule has 47 heavy (non-hydrogen) atoms. The molecule has 0 radical (unpaired) electrons. The summed E-state index contributed by atoms with van der Waals surface area (Å²) >= 11 is 0. The second kappa shape index (κ2) is 10.9. The van der Waals surface area contributed by atoms with Gasteiger partial charge in [-0.25, -0.2) is 9.59 Å². The highest BCUT2D eigenvalue weighted by Gasteiger charge is 2.62. The highest BCUT2D eigenvalue weighted by molar-refractivity contribution is 6.24. The van der Waals surface area contributed by atoms with Gasteiger partial charge in [0.15, 0.2) is 0 Å². The molecule has 3 aromatic rings. The average Bonchev–Trinajstić information content (AvgIpc) is 3.47. The van der Waals surface area contributed by atoms with Crippen LogP contribution in [0.3, 0.4) is 0 Å². The van der Waals surface area contributed by atoms with Crippen LogP contribution in [-0.2, 0) is 19.2 Å². The standard InChI is InChI=1S/C35H28N2O10/c1-47-20-8-9-22(26(38)14-20)27-21-10-11-23-28(32(41)36(30(23)39)18-6-2-4-16(12-18)34(43)44)24(21)15-25-29(27)33(42)37(31(25)40)19-7-3-5-17(13-19)35(45)46/h2-10,12-14,23-25,27-29,38H,11,15H2,1H3,(H,43,44)(H,45,46). The quantitative estimate of drug-likeness (QED) is 0.266. The number of imide groups is 2. The Kier molecular flexibility index (Phi) is 6.96. The minimum Gasteiger partial charge on any atom is -0.508 e. The highest BCUT2D eigenvalue weighted by Crippen LogP contribution is 2.59. The summed E-state index contributed by atoms with van der Waals surface area (Å²) in [4.78, 5) is 81.6. The molecule has 2 aliphatic carbocycles. The number of ether oxygens (including phenoxy) is 1. The SMILES string of the molecule is COc1ccc(C2C3=CCC4C(=O)N(c5cccc(C(=O)O)c5)C(=O)C4C3CC3C(=O)N(c4cccc(C(=O)O)c4)C(=O)C32)c(O)c1. The van der Waals surface area contributed by atoms with Crippen molar-refractivity contribution in [3.05, 3.63) is 95.1 Å². The molecule has 7 rings (SSSR count). The normalized spacial score (nSPS) is 26.4. The van der Waals surface area contributed by atoms with Gasteiger partial charge in [-0.05, 0) is 61.2 Å². The molecule has 238 valence electrons. The number of carbonyl (C=O) groups is 6. The van der Waals surface area contributed by atoms with Gasteiger partial charge in [-0.2, -0.15) is 0 Å². The van der Waals surface area contributed by atoms with Gasteiger partial charge in [0.1, 0.15) is 11.5 Å². The molecule has 3 N–H and O–H groups in total. The van der Waals surface area contributed by atoms with Gasteiger partial charge < -0.3 is 20.1 Å². The third kappa shape index (κ3) is 4.50. The number of hydrogen-bond donors (Lipinski definition) is 3. The summed E-state index contributed by atoms with van der Waals surface area (Å²) < 4.78 is 5.26. The summed E-state index contributed by atoms with van der Waals surface area (Å²) in [6, 6.07) is 15.7. The Morgan fingerprint density at radius 2 is 1.30 bits per heavy atom. The van der Waals surface area contributed by atoms with E-state index in [0.717, 1.165) is 9.80 Å². The number of methoxy groups -OCH3 is 1. The topological polar surface area (TPSA) is 179 Å². The fraction of sp³-hybridized carbons (Fsp3) is 0.257. The lowest BCUT2D eigenvalue weighted by Crippen LogP contribution is -2.43. The van der Waals surface area contributed by atoms with E-state index in [1.165, 1.54) is 61.7 Å². The number of allylic oxidation sites excluding steroid dienone is 2. The third-order valence-corrected chi connectivity index (χ3v) is 9.92. The van der Waals surface area contributed by atoms with Crippen molar-refractivity contribution >= 4 is 46.9 Å². The third-order valence-electron chi connectivity index (χ3n) is 9.92. The minimum atomic E-state index is -1.23. The second-order valence-corrected chi connectivity index (χ2v) is 12.2. The summed E-state index contributed by atoms with van der Waals surface area (Å²) in [5.41, 5.74) is 1.03. The first-order chi connectivity index (χ1) is 22.5.